The molecule has 0 fully saturated rings. The zero-order valence-corrected chi connectivity index (χ0v) is 23.1. The Morgan fingerprint density at radius 3 is 1.33 bits per heavy atom. The standard InChI is InChI=1S/C18H16Si.C16H9Br/c1-19(2)16-11-9-14-7-6-12-4-3-5-13-8-10-15(16)18(14)17(12)13;17-14-9-7-12-5-4-10-2-1-3-11-6-8-13(14)16(12)15(10)11/h3-11,19H,1-2H3;1-9H. The van der Waals surface area contributed by atoms with Gasteiger partial charge in [0.1, 0.15) is 0 Å². The van der Waals surface area contributed by atoms with Crippen LogP contribution < -0.4 is 5.19 Å². The molecule has 0 aliphatic rings. The lowest BCUT2D eigenvalue weighted by Gasteiger charge is -2.15. The maximum absolute atomic E-state index is 3.64. The van der Waals surface area contributed by atoms with Crippen molar-refractivity contribution in [3.63, 3.8) is 0 Å². The lowest BCUT2D eigenvalue weighted by Crippen LogP contribution is -2.23. The summed E-state index contributed by atoms with van der Waals surface area (Å²) in [6.07, 6.45) is 0. The third-order valence-electron chi connectivity index (χ3n) is 7.66. The predicted octanol–water partition coefficient (Wildman–Crippen LogP) is 9.62. The Bertz CT molecular complexity index is 2000. The highest BCUT2D eigenvalue weighted by molar-refractivity contribution is 9.10. The van der Waals surface area contributed by atoms with Crippen LogP contribution in [0.25, 0.3) is 64.6 Å². The van der Waals surface area contributed by atoms with Gasteiger partial charge in [0.15, 0.2) is 0 Å². The number of benzene rings is 8. The van der Waals surface area contributed by atoms with Crippen molar-refractivity contribution in [3.05, 3.63) is 114 Å². The summed E-state index contributed by atoms with van der Waals surface area (Å²) in [6.45, 7) is 4.82. The zero-order chi connectivity index (χ0) is 24.4. The maximum Gasteiger partial charge on any atom is 0.0655 e. The summed E-state index contributed by atoms with van der Waals surface area (Å²) in [4.78, 5) is 0. The molecule has 2 heteroatoms. The topological polar surface area (TPSA) is 0 Å². The minimum atomic E-state index is -0.796. The summed E-state index contributed by atoms with van der Waals surface area (Å²) in [6, 6.07) is 40.0. The Labute approximate surface area is 220 Å². The van der Waals surface area contributed by atoms with Crippen LogP contribution in [0.4, 0.5) is 0 Å². The monoisotopic (exact) mass is 540 g/mol. The summed E-state index contributed by atoms with van der Waals surface area (Å²) in [5, 5.41) is 18.1. The molecule has 172 valence electrons. The molecule has 0 amide bonds. The van der Waals surface area contributed by atoms with Crippen molar-refractivity contribution >= 4 is 94.5 Å². The molecule has 0 heterocycles. The van der Waals surface area contributed by atoms with E-state index < -0.39 is 8.80 Å². The van der Waals surface area contributed by atoms with Gasteiger partial charge in [-0.05, 0) is 70.7 Å². The molecule has 0 nitrogen and oxygen atoms in total. The van der Waals surface area contributed by atoms with E-state index in [2.05, 4.69) is 138 Å². The molecule has 0 N–H and O–H groups in total. The van der Waals surface area contributed by atoms with Crippen molar-refractivity contribution in [2.75, 3.05) is 0 Å². The van der Waals surface area contributed by atoms with Gasteiger partial charge in [-0.2, -0.15) is 0 Å². The average Bonchev–Trinajstić information content (AvgIpc) is 2.91. The molecular weight excluding hydrogens is 516 g/mol. The molecule has 0 saturated heterocycles. The largest absolute Gasteiger partial charge is 0.0682 e. The smallest absolute Gasteiger partial charge is 0.0655 e. The molecule has 36 heavy (non-hydrogen) atoms. The van der Waals surface area contributed by atoms with Crippen LogP contribution in [-0.4, -0.2) is 8.80 Å². The predicted molar refractivity (Wildman–Crippen MR) is 167 cm³/mol. The van der Waals surface area contributed by atoms with Gasteiger partial charge in [-0.3, -0.25) is 0 Å². The second kappa shape index (κ2) is 8.30. The van der Waals surface area contributed by atoms with Gasteiger partial charge in [-0.15, -0.1) is 0 Å². The third kappa shape index (κ3) is 3.25. The Kier molecular flexibility index (Phi) is 5.02. The lowest BCUT2D eigenvalue weighted by molar-refractivity contribution is 1.75. The Morgan fingerprint density at radius 1 is 0.417 bits per heavy atom. The number of hydrogen-bond donors (Lipinski definition) is 0. The summed E-state index contributed by atoms with van der Waals surface area (Å²) >= 11 is 3.64. The third-order valence-corrected chi connectivity index (χ3v) is 10.1. The van der Waals surface area contributed by atoms with E-state index in [9.17, 15) is 0 Å². The van der Waals surface area contributed by atoms with E-state index in [1.54, 1.807) is 5.19 Å². The van der Waals surface area contributed by atoms with E-state index in [0.29, 0.717) is 0 Å². The van der Waals surface area contributed by atoms with Gasteiger partial charge in [0.2, 0.25) is 0 Å². The first-order valence-corrected chi connectivity index (χ1v) is 16.3. The molecule has 0 spiro atoms. The minimum absolute atomic E-state index is 0.796. The van der Waals surface area contributed by atoms with E-state index in [0.717, 1.165) is 0 Å². The molecule has 8 aromatic rings. The fourth-order valence-corrected chi connectivity index (χ4v) is 7.77. The SMILES string of the molecule is Brc1ccc2ccc3cccc4ccc1c2c34.C[SiH](C)c1ccc2ccc3cccc4ccc1c2c34. The Balaban J connectivity index is 0.000000123. The highest BCUT2D eigenvalue weighted by atomic mass is 79.9. The number of halogens is 1. The Hall–Kier alpha value is -3.46. The van der Waals surface area contributed by atoms with Gasteiger partial charge < -0.3 is 0 Å². The van der Waals surface area contributed by atoms with E-state index in [1.807, 2.05) is 0 Å². The second-order valence-corrected chi connectivity index (χ2v) is 13.9. The summed E-state index contributed by atoms with van der Waals surface area (Å²) in [7, 11) is -0.796. The van der Waals surface area contributed by atoms with Crippen LogP contribution in [-0.2, 0) is 0 Å². The molecule has 0 aliphatic heterocycles. The van der Waals surface area contributed by atoms with Crippen molar-refractivity contribution in [2.45, 2.75) is 13.1 Å². The normalized spacial score (nSPS) is 12.0. The highest BCUT2D eigenvalue weighted by Crippen LogP contribution is 2.37. The molecule has 8 aromatic carbocycles. The molecular formula is C34H25BrSi. The maximum atomic E-state index is 3.64. The van der Waals surface area contributed by atoms with Crippen LogP contribution in [0, 0.1) is 0 Å². The van der Waals surface area contributed by atoms with Crippen molar-refractivity contribution in [2.24, 2.45) is 0 Å². The molecule has 0 aromatic heterocycles. The fourth-order valence-electron chi connectivity index (χ4n) is 5.96. The fraction of sp³-hybridized carbons (Fsp3) is 0.0588. The first kappa shape index (κ1) is 21.8. The minimum Gasteiger partial charge on any atom is -0.0682 e. The highest BCUT2D eigenvalue weighted by Gasteiger charge is 2.12. The first-order valence-electron chi connectivity index (χ1n) is 12.6. The van der Waals surface area contributed by atoms with Gasteiger partial charge >= 0.3 is 0 Å². The quantitative estimate of drug-likeness (QED) is 0.143. The van der Waals surface area contributed by atoms with Crippen LogP contribution in [0.2, 0.25) is 13.1 Å². The molecule has 8 rings (SSSR count). The van der Waals surface area contributed by atoms with Gasteiger partial charge in [-0.25, -0.2) is 0 Å². The van der Waals surface area contributed by atoms with Crippen molar-refractivity contribution in [1.29, 1.82) is 0 Å². The molecule has 0 radical (unpaired) electrons. The van der Waals surface area contributed by atoms with Crippen LogP contribution in [0.1, 0.15) is 0 Å². The van der Waals surface area contributed by atoms with E-state index in [-0.39, 0.29) is 0 Å². The van der Waals surface area contributed by atoms with E-state index >= 15 is 0 Å². The summed E-state index contributed by atoms with van der Waals surface area (Å²) in [5.74, 6) is 0. The van der Waals surface area contributed by atoms with Crippen LogP contribution in [0.3, 0.4) is 0 Å². The van der Waals surface area contributed by atoms with Gasteiger partial charge in [0.05, 0.1) is 8.80 Å². The van der Waals surface area contributed by atoms with E-state index in [4.69, 9.17) is 0 Å². The van der Waals surface area contributed by atoms with Crippen LogP contribution in [0.15, 0.2) is 114 Å². The van der Waals surface area contributed by atoms with E-state index in [1.165, 1.54) is 69.1 Å². The molecule has 0 atom stereocenters. The molecule has 0 unspecified atom stereocenters. The molecule has 0 saturated carbocycles. The number of rotatable bonds is 1. The average molecular weight is 542 g/mol. The Morgan fingerprint density at radius 2 is 0.806 bits per heavy atom. The summed E-state index contributed by atoms with van der Waals surface area (Å²) in [5.41, 5.74) is 0. The van der Waals surface area contributed by atoms with Gasteiger partial charge in [0.25, 0.3) is 0 Å². The molecule has 0 aliphatic carbocycles. The van der Waals surface area contributed by atoms with Crippen LogP contribution >= 0.6 is 15.9 Å². The van der Waals surface area contributed by atoms with Crippen molar-refractivity contribution in [1.82, 2.24) is 0 Å². The number of hydrogen-bond acceptors (Lipinski definition) is 0. The zero-order valence-electron chi connectivity index (χ0n) is 20.3. The van der Waals surface area contributed by atoms with Crippen molar-refractivity contribution < 1.29 is 0 Å². The van der Waals surface area contributed by atoms with Crippen molar-refractivity contribution in [3.8, 4) is 0 Å². The lowest BCUT2D eigenvalue weighted by atomic mass is 9.94. The van der Waals surface area contributed by atoms with Gasteiger partial charge in [-0.1, -0.05) is 137 Å². The van der Waals surface area contributed by atoms with Crippen LogP contribution in [0.5, 0.6) is 0 Å². The molecule has 0 bridgehead atoms. The first-order chi connectivity index (χ1) is 17.6. The van der Waals surface area contributed by atoms with Gasteiger partial charge in [0, 0.05) is 4.47 Å². The second-order valence-electron chi connectivity index (χ2n) is 10.1. The summed E-state index contributed by atoms with van der Waals surface area (Å²) < 4.78 is 1.17.